The van der Waals surface area contributed by atoms with E-state index in [2.05, 4.69) is 21.8 Å². The predicted octanol–water partition coefficient (Wildman–Crippen LogP) is 2.03. The van der Waals surface area contributed by atoms with E-state index in [1.165, 1.54) is 0 Å². The zero-order valence-corrected chi connectivity index (χ0v) is 22.6. The van der Waals surface area contributed by atoms with Gasteiger partial charge in [-0.15, -0.1) is 0 Å². The second-order valence-corrected chi connectivity index (χ2v) is 10.2. The Balaban J connectivity index is 1.39. The van der Waals surface area contributed by atoms with Crippen LogP contribution in [0.5, 0.6) is 0 Å². The molecule has 0 spiro atoms. The number of rotatable bonds is 5. The molecular formula is C27H33N9O3. The average Bonchev–Trinajstić information content (AvgIpc) is 3.58. The van der Waals surface area contributed by atoms with Crippen molar-refractivity contribution in [1.29, 1.82) is 0 Å². The minimum atomic E-state index is -0.207. The van der Waals surface area contributed by atoms with Crippen molar-refractivity contribution in [3.8, 4) is 5.95 Å². The number of aryl methyl sites for hydroxylation is 1. The van der Waals surface area contributed by atoms with E-state index in [9.17, 15) is 9.59 Å². The molecule has 4 aromatic rings. The van der Waals surface area contributed by atoms with Crippen LogP contribution in [0, 0.1) is 5.92 Å². The summed E-state index contributed by atoms with van der Waals surface area (Å²) >= 11 is 0. The highest BCUT2D eigenvalue weighted by atomic mass is 16.5. The third-order valence-electron chi connectivity index (χ3n) is 7.35. The first-order valence-electron chi connectivity index (χ1n) is 13.6. The van der Waals surface area contributed by atoms with Crippen LogP contribution in [0.1, 0.15) is 37.2 Å². The number of ether oxygens (including phenoxy) is 1. The number of carbonyl (C=O) groups excluding carboxylic acids is 2. The number of fused-ring (bicyclic) bond motifs is 2. The number of anilines is 1. The zero-order chi connectivity index (χ0) is 27.1. The summed E-state index contributed by atoms with van der Waals surface area (Å²) in [4.78, 5) is 54.1. The fourth-order valence-corrected chi connectivity index (χ4v) is 5.26. The van der Waals surface area contributed by atoms with Crippen molar-refractivity contribution < 1.29 is 14.3 Å². The molecule has 1 N–H and O–H groups in total. The fraction of sp³-hybridized carbons (Fsp3) is 0.481. The van der Waals surface area contributed by atoms with E-state index >= 15 is 0 Å². The highest BCUT2D eigenvalue weighted by molar-refractivity contribution is 5.96. The highest BCUT2D eigenvalue weighted by Gasteiger charge is 2.29. The Labute approximate surface area is 226 Å². The van der Waals surface area contributed by atoms with Crippen molar-refractivity contribution in [1.82, 2.24) is 39.3 Å². The van der Waals surface area contributed by atoms with Crippen molar-refractivity contribution in [2.75, 3.05) is 57.4 Å². The van der Waals surface area contributed by atoms with Gasteiger partial charge in [0.15, 0.2) is 17.3 Å². The molecule has 39 heavy (non-hydrogen) atoms. The number of carbonyl (C=O) groups is 2. The topological polar surface area (TPSA) is 125 Å². The van der Waals surface area contributed by atoms with Crippen LogP contribution < -0.4 is 4.90 Å². The van der Waals surface area contributed by atoms with Crippen LogP contribution in [0.15, 0.2) is 24.3 Å². The predicted molar refractivity (Wildman–Crippen MR) is 146 cm³/mol. The van der Waals surface area contributed by atoms with Gasteiger partial charge in [-0.25, -0.2) is 9.97 Å². The van der Waals surface area contributed by atoms with Crippen LogP contribution in [-0.4, -0.2) is 104 Å². The minimum absolute atomic E-state index is 0.0603. The normalized spacial score (nSPS) is 16.6. The molecule has 12 heteroatoms. The zero-order valence-electron chi connectivity index (χ0n) is 22.6. The van der Waals surface area contributed by atoms with E-state index in [0.29, 0.717) is 81.8 Å². The largest absolute Gasteiger partial charge is 0.378 e. The molecule has 0 radical (unpaired) electrons. The molecule has 0 bridgehead atoms. The van der Waals surface area contributed by atoms with Crippen LogP contribution in [0.4, 0.5) is 5.82 Å². The van der Waals surface area contributed by atoms with Crippen LogP contribution in [0.3, 0.4) is 0 Å². The highest BCUT2D eigenvalue weighted by Crippen LogP contribution is 2.27. The standard InChI is InChI=1S/C27H33N9O3/c1-4-20-28-18-7-5-6-8-19(18)36(20)27-31-22-21(24(32-27)33-13-15-39-16-14-33)29-23(30-22)26(38)35-11-9-34(10-12-35)25(37)17(2)3/h5-8,17H,4,9-16H2,1-3H3,(H,29,30,31,32). The summed E-state index contributed by atoms with van der Waals surface area (Å²) in [5.41, 5.74) is 2.85. The number of benzene rings is 1. The first kappa shape index (κ1) is 25.2. The number of aromatic nitrogens is 6. The monoisotopic (exact) mass is 531 g/mol. The van der Waals surface area contributed by atoms with Gasteiger partial charge >= 0.3 is 0 Å². The molecule has 2 fully saturated rings. The van der Waals surface area contributed by atoms with Gasteiger partial charge < -0.3 is 24.4 Å². The first-order chi connectivity index (χ1) is 18.9. The van der Waals surface area contributed by atoms with Gasteiger partial charge in [-0.05, 0) is 12.1 Å². The number of hydrogen-bond acceptors (Lipinski definition) is 8. The number of aromatic amines is 1. The molecule has 2 saturated heterocycles. The maximum Gasteiger partial charge on any atom is 0.289 e. The summed E-state index contributed by atoms with van der Waals surface area (Å²) in [5, 5.41) is 0. The number of nitrogens with zero attached hydrogens (tertiary/aromatic N) is 8. The van der Waals surface area contributed by atoms with E-state index in [4.69, 9.17) is 19.7 Å². The maximum atomic E-state index is 13.5. The van der Waals surface area contributed by atoms with Gasteiger partial charge in [-0.3, -0.25) is 14.2 Å². The fourth-order valence-electron chi connectivity index (χ4n) is 5.26. The van der Waals surface area contributed by atoms with Gasteiger partial charge in [0, 0.05) is 51.6 Å². The molecule has 0 atom stereocenters. The molecule has 12 nitrogen and oxygen atoms in total. The Kier molecular flexibility index (Phi) is 6.63. The lowest BCUT2D eigenvalue weighted by Crippen LogP contribution is -2.51. The lowest BCUT2D eigenvalue weighted by molar-refractivity contribution is -0.135. The number of imidazole rings is 2. The molecular weight excluding hydrogens is 498 g/mol. The molecule has 3 aromatic heterocycles. The van der Waals surface area contributed by atoms with Crippen LogP contribution in [-0.2, 0) is 16.0 Å². The summed E-state index contributed by atoms with van der Waals surface area (Å²) in [6.45, 7) is 10.3. The van der Waals surface area contributed by atoms with E-state index < -0.39 is 0 Å². The van der Waals surface area contributed by atoms with Gasteiger partial charge in [0.1, 0.15) is 11.3 Å². The molecule has 2 amide bonds. The summed E-state index contributed by atoms with van der Waals surface area (Å²) in [6.07, 6.45) is 0.707. The van der Waals surface area contributed by atoms with Gasteiger partial charge in [0.25, 0.3) is 5.91 Å². The summed E-state index contributed by atoms with van der Waals surface area (Å²) in [5.74, 6) is 2.08. The van der Waals surface area contributed by atoms with E-state index in [1.807, 2.05) is 47.6 Å². The summed E-state index contributed by atoms with van der Waals surface area (Å²) in [7, 11) is 0. The average molecular weight is 532 g/mol. The molecule has 0 unspecified atom stereocenters. The Morgan fingerprint density at radius 2 is 1.67 bits per heavy atom. The molecule has 204 valence electrons. The summed E-state index contributed by atoms with van der Waals surface area (Å²) < 4.78 is 7.55. The Morgan fingerprint density at radius 3 is 2.38 bits per heavy atom. The molecule has 0 saturated carbocycles. The lowest BCUT2D eigenvalue weighted by atomic mass is 10.1. The van der Waals surface area contributed by atoms with Crippen molar-refractivity contribution in [3.05, 3.63) is 35.9 Å². The third kappa shape index (κ3) is 4.58. The number of nitrogens with one attached hydrogen (secondary N) is 1. The first-order valence-corrected chi connectivity index (χ1v) is 13.6. The van der Waals surface area contributed by atoms with Crippen molar-refractivity contribution in [2.45, 2.75) is 27.2 Å². The molecule has 1 aromatic carbocycles. The van der Waals surface area contributed by atoms with Crippen molar-refractivity contribution in [2.24, 2.45) is 5.92 Å². The SMILES string of the molecule is CCc1nc2ccccc2n1-c1nc(N2CCOCC2)c2[nH]c(C(=O)N3CCN(C(=O)C(C)C)CC3)nc2n1. The Hall–Kier alpha value is -4.06. The van der Waals surface area contributed by atoms with Crippen LogP contribution in [0.25, 0.3) is 28.1 Å². The molecule has 5 heterocycles. The third-order valence-corrected chi connectivity index (χ3v) is 7.35. The van der Waals surface area contributed by atoms with Gasteiger partial charge in [-0.2, -0.15) is 9.97 Å². The number of amides is 2. The second kappa shape index (κ2) is 10.3. The number of H-pyrrole nitrogens is 1. The van der Waals surface area contributed by atoms with Crippen LogP contribution >= 0.6 is 0 Å². The number of morpholine rings is 1. The van der Waals surface area contributed by atoms with E-state index in [-0.39, 0.29) is 23.6 Å². The maximum absolute atomic E-state index is 13.5. The summed E-state index contributed by atoms with van der Waals surface area (Å²) in [6, 6.07) is 7.92. The second-order valence-electron chi connectivity index (χ2n) is 10.2. The number of hydrogen-bond donors (Lipinski definition) is 1. The molecule has 2 aliphatic rings. The lowest BCUT2D eigenvalue weighted by Gasteiger charge is -2.35. The number of para-hydroxylation sites is 2. The molecule has 0 aliphatic carbocycles. The van der Waals surface area contributed by atoms with E-state index in [0.717, 1.165) is 16.9 Å². The Bertz CT molecular complexity index is 1530. The number of piperazine rings is 1. The van der Waals surface area contributed by atoms with E-state index in [1.54, 1.807) is 4.90 Å². The quantitative estimate of drug-likeness (QED) is 0.415. The van der Waals surface area contributed by atoms with Crippen LogP contribution in [0.2, 0.25) is 0 Å². The van der Waals surface area contributed by atoms with Crippen molar-refractivity contribution in [3.63, 3.8) is 0 Å². The van der Waals surface area contributed by atoms with Gasteiger partial charge in [0.2, 0.25) is 11.9 Å². The molecule has 2 aliphatic heterocycles. The smallest absolute Gasteiger partial charge is 0.289 e. The van der Waals surface area contributed by atoms with Crippen molar-refractivity contribution >= 4 is 39.8 Å². The molecule has 6 rings (SSSR count). The minimum Gasteiger partial charge on any atom is -0.378 e. The Morgan fingerprint density at radius 1 is 0.949 bits per heavy atom. The van der Waals surface area contributed by atoms with Gasteiger partial charge in [0.05, 0.1) is 24.2 Å². The van der Waals surface area contributed by atoms with Gasteiger partial charge in [-0.1, -0.05) is 32.9 Å².